The minimum absolute atomic E-state index is 0.0385. The first-order valence-corrected chi connectivity index (χ1v) is 14.9. The molecule has 1 aliphatic rings. The number of piperidine rings is 1. The summed E-state index contributed by atoms with van der Waals surface area (Å²) in [6.45, 7) is 5.21. The minimum atomic E-state index is -0.202. The van der Waals surface area contributed by atoms with Crippen LogP contribution in [-0.2, 0) is 32.1 Å². The lowest BCUT2D eigenvalue weighted by Crippen LogP contribution is -2.42. The van der Waals surface area contributed by atoms with Crippen molar-refractivity contribution in [3.05, 3.63) is 89.5 Å². The molecule has 0 bridgehead atoms. The largest absolute Gasteiger partial charge is 0.496 e. The van der Waals surface area contributed by atoms with Crippen molar-refractivity contribution < 1.29 is 28.5 Å². The molecule has 2 unspecified atom stereocenters. The maximum Gasteiger partial charge on any atom is 0.250 e. The van der Waals surface area contributed by atoms with Gasteiger partial charge in [-0.15, -0.1) is 0 Å². The van der Waals surface area contributed by atoms with Crippen molar-refractivity contribution in [1.29, 1.82) is 0 Å². The maximum absolute atomic E-state index is 12.8. The Morgan fingerprint density at radius 1 is 0.953 bits per heavy atom. The minimum Gasteiger partial charge on any atom is -0.496 e. The van der Waals surface area contributed by atoms with E-state index < -0.39 is 0 Å². The molecular formula is C34H43N3O6. The lowest BCUT2D eigenvalue weighted by molar-refractivity contribution is -0.123. The second-order valence-electron chi connectivity index (χ2n) is 10.5. The third-order valence-electron chi connectivity index (χ3n) is 7.37. The first-order valence-electron chi connectivity index (χ1n) is 14.9. The van der Waals surface area contributed by atoms with Crippen molar-refractivity contribution in [3.63, 3.8) is 0 Å². The summed E-state index contributed by atoms with van der Waals surface area (Å²) in [5.74, 6) is 1.55. The number of ether oxygens (including phenoxy) is 4. The zero-order valence-corrected chi connectivity index (χ0v) is 25.1. The molecule has 0 radical (unpaired) electrons. The summed E-state index contributed by atoms with van der Waals surface area (Å²) >= 11 is 0. The van der Waals surface area contributed by atoms with Gasteiger partial charge in [0.25, 0.3) is 0 Å². The molecule has 3 N–H and O–H groups in total. The van der Waals surface area contributed by atoms with Crippen LogP contribution < -0.4 is 25.4 Å². The first-order chi connectivity index (χ1) is 21.0. The van der Waals surface area contributed by atoms with E-state index in [-0.39, 0.29) is 30.4 Å². The number of rotatable bonds is 16. The molecule has 1 heterocycles. The number of para-hydroxylation sites is 2. The lowest BCUT2D eigenvalue weighted by atomic mass is 9.88. The van der Waals surface area contributed by atoms with Crippen molar-refractivity contribution in [3.8, 4) is 11.5 Å². The van der Waals surface area contributed by atoms with Crippen LogP contribution in [0.3, 0.4) is 0 Å². The van der Waals surface area contributed by atoms with Crippen molar-refractivity contribution in [2.75, 3.05) is 51.9 Å². The second-order valence-corrected chi connectivity index (χ2v) is 10.5. The molecule has 9 heteroatoms. The molecule has 2 amide bonds. The number of amides is 2. The summed E-state index contributed by atoms with van der Waals surface area (Å²) in [4.78, 5) is 24.0. The molecule has 1 fully saturated rings. The van der Waals surface area contributed by atoms with Crippen LogP contribution in [0.4, 0.5) is 5.69 Å². The Morgan fingerprint density at radius 2 is 1.72 bits per heavy atom. The van der Waals surface area contributed by atoms with Crippen molar-refractivity contribution in [1.82, 2.24) is 10.6 Å². The predicted molar refractivity (Wildman–Crippen MR) is 167 cm³/mol. The van der Waals surface area contributed by atoms with Gasteiger partial charge in [0.15, 0.2) is 0 Å². The number of carbonyl (C=O) groups is 2. The summed E-state index contributed by atoms with van der Waals surface area (Å²) in [5.41, 5.74) is 3.90. The fourth-order valence-corrected chi connectivity index (χ4v) is 5.16. The van der Waals surface area contributed by atoms with E-state index in [4.69, 9.17) is 18.9 Å². The predicted octanol–water partition coefficient (Wildman–Crippen LogP) is 4.46. The van der Waals surface area contributed by atoms with Gasteiger partial charge in [-0.25, -0.2) is 0 Å². The van der Waals surface area contributed by atoms with Gasteiger partial charge in [-0.1, -0.05) is 48.5 Å². The third kappa shape index (κ3) is 10.4. The highest BCUT2D eigenvalue weighted by Gasteiger charge is 2.28. The number of hydrogen-bond donors (Lipinski definition) is 3. The summed E-state index contributed by atoms with van der Waals surface area (Å²) in [7, 11) is 1.66. The average molecular weight is 590 g/mol. The van der Waals surface area contributed by atoms with Gasteiger partial charge in [0.2, 0.25) is 11.8 Å². The van der Waals surface area contributed by atoms with E-state index in [1.165, 1.54) is 12.5 Å². The number of hydrogen-bond acceptors (Lipinski definition) is 7. The standard InChI is InChI=1S/C34H43N3O6/c1-25(38)36-19-16-27-8-3-5-10-31(27)37-34(39)24-43-33-22-35-18-17-30(33)26-12-14-29(15-13-26)42-21-7-20-41-23-28-9-4-6-11-32(28)40-2/h3-6,8-15,30,33,35H,7,16-24H2,1-2H3,(H,36,38)(H,37,39). The molecule has 3 aromatic rings. The van der Waals surface area contributed by atoms with Gasteiger partial charge < -0.3 is 34.9 Å². The quantitative estimate of drug-likeness (QED) is 0.212. The summed E-state index contributed by atoms with van der Waals surface area (Å²) in [6.07, 6.45) is 2.20. The van der Waals surface area contributed by atoms with Gasteiger partial charge in [-0.2, -0.15) is 0 Å². The number of carbonyl (C=O) groups excluding carboxylic acids is 2. The molecule has 2 atom stereocenters. The van der Waals surface area contributed by atoms with Crippen LogP contribution in [0.1, 0.15) is 42.4 Å². The number of nitrogens with one attached hydrogen (secondary N) is 3. The summed E-state index contributed by atoms with van der Waals surface area (Å²) < 4.78 is 23.2. The van der Waals surface area contributed by atoms with Crippen LogP contribution in [0, 0.1) is 0 Å². The monoisotopic (exact) mass is 589 g/mol. The van der Waals surface area contributed by atoms with Gasteiger partial charge in [-0.3, -0.25) is 9.59 Å². The smallest absolute Gasteiger partial charge is 0.250 e. The summed E-state index contributed by atoms with van der Waals surface area (Å²) in [5, 5.41) is 9.15. The van der Waals surface area contributed by atoms with Crippen molar-refractivity contribution >= 4 is 17.5 Å². The van der Waals surface area contributed by atoms with Gasteiger partial charge >= 0.3 is 0 Å². The zero-order chi connectivity index (χ0) is 30.3. The van der Waals surface area contributed by atoms with Crippen LogP contribution in [0.5, 0.6) is 11.5 Å². The fraction of sp³-hybridized carbons (Fsp3) is 0.412. The van der Waals surface area contributed by atoms with E-state index in [0.29, 0.717) is 39.3 Å². The van der Waals surface area contributed by atoms with E-state index in [1.807, 2.05) is 60.7 Å². The number of methoxy groups -OCH3 is 1. The Hall–Kier alpha value is -3.92. The SMILES string of the molecule is COc1ccccc1COCCCOc1ccc(C2CCNCC2OCC(=O)Nc2ccccc2CCNC(C)=O)cc1. The average Bonchev–Trinajstić information content (AvgIpc) is 3.03. The van der Waals surface area contributed by atoms with E-state index in [1.54, 1.807) is 7.11 Å². The molecule has 43 heavy (non-hydrogen) atoms. The van der Waals surface area contributed by atoms with Crippen LogP contribution in [0.2, 0.25) is 0 Å². The number of anilines is 1. The van der Waals surface area contributed by atoms with Gasteiger partial charge in [-0.05, 0) is 54.8 Å². The Bertz CT molecular complexity index is 1300. The zero-order valence-electron chi connectivity index (χ0n) is 25.1. The van der Waals surface area contributed by atoms with E-state index in [2.05, 4.69) is 28.1 Å². The maximum atomic E-state index is 12.8. The van der Waals surface area contributed by atoms with Crippen LogP contribution >= 0.6 is 0 Å². The molecule has 1 saturated heterocycles. The molecule has 3 aromatic carbocycles. The van der Waals surface area contributed by atoms with E-state index in [9.17, 15) is 9.59 Å². The molecule has 1 aliphatic heterocycles. The Balaban J connectivity index is 1.20. The van der Waals surface area contributed by atoms with Crippen LogP contribution in [0.15, 0.2) is 72.8 Å². The Morgan fingerprint density at radius 3 is 2.51 bits per heavy atom. The highest BCUT2D eigenvalue weighted by atomic mass is 16.5. The number of benzene rings is 3. The van der Waals surface area contributed by atoms with Crippen molar-refractivity contribution in [2.24, 2.45) is 0 Å². The summed E-state index contributed by atoms with van der Waals surface area (Å²) in [6, 6.07) is 23.6. The fourth-order valence-electron chi connectivity index (χ4n) is 5.16. The highest BCUT2D eigenvalue weighted by Crippen LogP contribution is 2.29. The van der Waals surface area contributed by atoms with Gasteiger partial charge in [0, 0.05) is 43.6 Å². The lowest BCUT2D eigenvalue weighted by Gasteiger charge is -2.32. The van der Waals surface area contributed by atoms with Gasteiger partial charge in [0.1, 0.15) is 18.1 Å². The molecule has 0 spiro atoms. The normalized spacial score (nSPS) is 16.3. The van der Waals surface area contributed by atoms with E-state index >= 15 is 0 Å². The Labute approximate surface area is 254 Å². The van der Waals surface area contributed by atoms with Crippen LogP contribution in [-0.4, -0.2) is 64.5 Å². The molecule has 4 rings (SSSR count). The first kappa shape index (κ1) is 32.0. The molecule has 0 saturated carbocycles. The molecule has 230 valence electrons. The second kappa shape index (κ2) is 17.3. The topological polar surface area (TPSA) is 107 Å². The molecule has 0 aliphatic carbocycles. The Kier molecular flexibility index (Phi) is 12.8. The van der Waals surface area contributed by atoms with Crippen molar-refractivity contribution in [2.45, 2.75) is 44.8 Å². The molecular weight excluding hydrogens is 546 g/mol. The van der Waals surface area contributed by atoms with Crippen LogP contribution in [0.25, 0.3) is 0 Å². The highest BCUT2D eigenvalue weighted by molar-refractivity contribution is 5.92. The third-order valence-corrected chi connectivity index (χ3v) is 7.37. The molecule has 9 nitrogen and oxygen atoms in total. The van der Waals surface area contributed by atoms with E-state index in [0.717, 1.165) is 47.7 Å². The van der Waals surface area contributed by atoms with Gasteiger partial charge in [0.05, 0.1) is 33.0 Å². The molecule has 0 aromatic heterocycles.